The molecule has 1 N–H and O–H groups in total. The number of fused-ring (bicyclic) bond motifs is 3. The van der Waals surface area contributed by atoms with Crippen molar-refractivity contribution in [3.63, 3.8) is 0 Å². The van der Waals surface area contributed by atoms with E-state index in [9.17, 15) is 0 Å². The molecule has 3 aliphatic rings. The van der Waals surface area contributed by atoms with Gasteiger partial charge in [0.25, 0.3) is 0 Å². The SMILES string of the molecule is CNC(c1ccc2c(c1)CCCC2)C1CC2CCC1C2. The van der Waals surface area contributed by atoms with Crippen LogP contribution in [0.3, 0.4) is 0 Å². The maximum absolute atomic E-state index is 3.65. The van der Waals surface area contributed by atoms with Gasteiger partial charge in [0.1, 0.15) is 0 Å². The smallest absolute Gasteiger partial charge is 0.0349 e. The lowest BCUT2D eigenvalue weighted by molar-refractivity contribution is 0.259. The Balaban J connectivity index is 1.61. The van der Waals surface area contributed by atoms with E-state index in [0.717, 1.165) is 17.8 Å². The monoisotopic (exact) mass is 269 g/mol. The lowest BCUT2D eigenvalue weighted by Gasteiger charge is -2.31. The quantitative estimate of drug-likeness (QED) is 0.864. The van der Waals surface area contributed by atoms with Crippen molar-refractivity contribution >= 4 is 0 Å². The first-order chi connectivity index (χ1) is 9.85. The largest absolute Gasteiger partial charge is 0.313 e. The average Bonchev–Trinajstić information content (AvgIpc) is 3.11. The Morgan fingerprint density at radius 2 is 1.90 bits per heavy atom. The average molecular weight is 269 g/mol. The van der Waals surface area contributed by atoms with E-state index in [4.69, 9.17) is 0 Å². The van der Waals surface area contributed by atoms with E-state index in [1.54, 1.807) is 16.7 Å². The molecule has 20 heavy (non-hydrogen) atoms. The Hall–Kier alpha value is -0.820. The molecule has 0 saturated heterocycles. The Morgan fingerprint density at radius 1 is 1.05 bits per heavy atom. The highest BCUT2D eigenvalue weighted by Gasteiger charge is 2.43. The minimum atomic E-state index is 0.595. The molecule has 1 nitrogen and oxygen atoms in total. The molecule has 2 saturated carbocycles. The van der Waals surface area contributed by atoms with E-state index >= 15 is 0 Å². The van der Waals surface area contributed by atoms with Crippen molar-refractivity contribution in [1.29, 1.82) is 0 Å². The van der Waals surface area contributed by atoms with Crippen LogP contribution in [0, 0.1) is 17.8 Å². The van der Waals surface area contributed by atoms with Crippen LogP contribution in [0.25, 0.3) is 0 Å². The summed E-state index contributed by atoms with van der Waals surface area (Å²) in [4.78, 5) is 0. The molecule has 2 bridgehead atoms. The molecule has 4 atom stereocenters. The second kappa shape index (κ2) is 5.18. The standard InChI is InChI=1S/C19H27N/c1-20-19(18-11-13-6-7-16(18)10-13)17-9-8-14-4-2-3-5-15(14)12-17/h8-9,12-13,16,18-20H,2-7,10-11H2,1H3. The number of rotatable bonds is 3. The van der Waals surface area contributed by atoms with Crippen molar-refractivity contribution in [3.05, 3.63) is 34.9 Å². The van der Waals surface area contributed by atoms with Gasteiger partial charge in [0, 0.05) is 6.04 Å². The van der Waals surface area contributed by atoms with Gasteiger partial charge in [-0.2, -0.15) is 0 Å². The van der Waals surface area contributed by atoms with Crippen molar-refractivity contribution in [3.8, 4) is 0 Å². The first-order valence-corrected chi connectivity index (χ1v) is 8.64. The lowest BCUT2D eigenvalue weighted by atomic mass is 9.79. The third-order valence-electron chi connectivity index (χ3n) is 6.26. The van der Waals surface area contributed by atoms with Gasteiger partial charge in [-0.3, -0.25) is 0 Å². The molecule has 0 radical (unpaired) electrons. The van der Waals surface area contributed by atoms with Crippen LogP contribution in [0.4, 0.5) is 0 Å². The van der Waals surface area contributed by atoms with E-state index < -0.39 is 0 Å². The van der Waals surface area contributed by atoms with Crippen molar-refractivity contribution in [2.45, 2.75) is 57.4 Å². The van der Waals surface area contributed by atoms with Crippen LogP contribution < -0.4 is 5.32 Å². The summed E-state index contributed by atoms with van der Waals surface area (Å²) in [7, 11) is 2.16. The van der Waals surface area contributed by atoms with Crippen molar-refractivity contribution in [2.75, 3.05) is 7.05 Å². The summed E-state index contributed by atoms with van der Waals surface area (Å²) in [5.41, 5.74) is 4.81. The molecule has 1 aromatic rings. The zero-order chi connectivity index (χ0) is 13.5. The maximum atomic E-state index is 3.65. The zero-order valence-corrected chi connectivity index (χ0v) is 12.7. The normalized spacial score (nSPS) is 33.1. The van der Waals surface area contributed by atoms with Crippen LogP contribution in [-0.2, 0) is 12.8 Å². The summed E-state index contributed by atoms with van der Waals surface area (Å²) in [6, 6.07) is 7.96. The highest BCUT2D eigenvalue weighted by Crippen LogP contribution is 2.52. The van der Waals surface area contributed by atoms with Crippen LogP contribution >= 0.6 is 0 Å². The first kappa shape index (κ1) is 12.9. The molecule has 0 aromatic heterocycles. The number of hydrogen-bond acceptors (Lipinski definition) is 1. The summed E-state index contributed by atoms with van der Waals surface area (Å²) in [5, 5.41) is 3.65. The molecule has 4 rings (SSSR count). The molecular formula is C19H27N. The third kappa shape index (κ3) is 2.11. The molecule has 0 amide bonds. The van der Waals surface area contributed by atoms with E-state index in [2.05, 4.69) is 30.6 Å². The maximum Gasteiger partial charge on any atom is 0.0349 e. The minimum Gasteiger partial charge on any atom is -0.313 e. The molecule has 3 aliphatic carbocycles. The van der Waals surface area contributed by atoms with Gasteiger partial charge in [-0.05, 0) is 86.4 Å². The Morgan fingerprint density at radius 3 is 2.60 bits per heavy atom. The predicted octanol–water partition coefficient (Wildman–Crippen LogP) is 4.26. The van der Waals surface area contributed by atoms with Crippen molar-refractivity contribution < 1.29 is 0 Å². The van der Waals surface area contributed by atoms with Crippen LogP contribution in [0.1, 0.15) is 61.3 Å². The molecule has 2 fully saturated rings. The Bertz CT molecular complexity index is 493. The number of aryl methyl sites for hydroxylation is 2. The van der Waals surface area contributed by atoms with Crippen LogP contribution in [-0.4, -0.2) is 7.05 Å². The second-order valence-corrected chi connectivity index (χ2v) is 7.34. The van der Waals surface area contributed by atoms with E-state index in [0.29, 0.717) is 6.04 Å². The fraction of sp³-hybridized carbons (Fsp3) is 0.684. The zero-order valence-electron chi connectivity index (χ0n) is 12.7. The molecule has 0 aliphatic heterocycles. The van der Waals surface area contributed by atoms with E-state index in [1.807, 2.05) is 0 Å². The van der Waals surface area contributed by atoms with E-state index in [1.165, 1.54) is 51.4 Å². The molecule has 1 aromatic carbocycles. The van der Waals surface area contributed by atoms with Gasteiger partial charge in [-0.15, -0.1) is 0 Å². The molecule has 108 valence electrons. The number of nitrogens with one attached hydrogen (secondary N) is 1. The topological polar surface area (TPSA) is 12.0 Å². The number of hydrogen-bond donors (Lipinski definition) is 1. The van der Waals surface area contributed by atoms with Crippen LogP contribution in [0.15, 0.2) is 18.2 Å². The summed E-state index contributed by atoms with van der Waals surface area (Å²) in [6.45, 7) is 0. The lowest BCUT2D eigenvalue weighted by Crippen LogP contribution is -2.29. The van der Waals surface area contributed by atoms with Gasteiger partial charge in [0.05, 0.1) is 0 Å². The molecule has 0 spiro atoms. The Kier molecular flexibility index (Phi) is 3.34. The van der Waals surface area contributed by atoms with Gasteiger partial charge in [-0.25, -0.2) is 0 Å². The highest BCUT2D eigenvalue weighted by molar-refractivity contribution is 5.35. The van der Waals surface area contributed by atoms with Gasteiger partial charge >= 0.3 is 0 Å². The molecule has 1 heteroatoms. The summed E-state index contributed by atoms with van der Waals surface area (Å²) in [6.07, 6.45) is 11.3. The molecular weight excluding hydrogens is 242 g/mol. The Labute approximate surface area is 123 Å². The van der Waals surface area contributed by atoms with Crippen molar-refractivity contribution in [1.82, 2.24) is 5.32 Å². The second-order valence-electron chi connectivity index (χ2n) is 7.34. The first-order valence-electron chi connectivity index (χ1n) is 8.64. The van der Waals surface area contributed by atoms with Crippen LogP contribution in [0.5, 0.6) is 0 Å². The minimum absolute atomic E-state index is 0.595. The molecule has 4 unspecified atom stereocenters. The summed E-state index contributed by atoms with van der Waals surface area (Å²) >= 11 is 0. The third-order valence-corrected chi connectivity index (χ3v) is 6.26. The fourth-order valence-corrected chi connectivity index (χ4v) is 5.28. The van der Waals surface area contributed by atoms with E-state index in [-0.39, 0.29) is 0 Å². The highest BCUT2D eigenvalue weighted by atomic mass is 14.9. The predicted molar refractivity (Wildman–Crippen MR) is 83.8 cm³/mol. The van der Waals surface area contributed by atoms with Gasteiger partial charge in [-0.1, -0.05) is 24.6 Å². The summed E-state index contributed by atoms with van der Waals surface area (Å²) in [5.74, 6) is 2.92. The summed E-state index contributed by atoms with van der Waals surface area (Å²) < 4.78 is 0. The fourth-order valence-electron chi connectivity index (χ4n) is 5.28. The van der Waals surface area contributed by atoms with Gasteiger partial charge in [0.15, 0.2) is 0 Å². The van der Waals surface area contributed by atoms with Gasteiger partial charge < -0.3 is 5.32 Å². The molecule has 0 heterocycles. The van der Waals surface area contributed by atoms with Crippen molar-refractivity contribution in [2.24, 2.45) is 17.8 Å². The number of benzene rings is 1. The van der Waals surface area contributed by atoms with Gasteiger partial charge in [0.2, 0.25) is 0 Å². The van der Waals surface area contributed by atoms with Crippen LogP contribution in [0.2, 0.25) is 0 Å².